The van der Waals surface area contributed by atoms with Gasteiger partial charge in [-0.1, -0.05) is 6.92 Å². The number of hydrogen-bond acceptors (Lipinski definition) is 2. The molecule has 1 unspecified atom stereocenters. The highest BCUT2D eigenvalue weighted by molar-refractivity contribution is 6.02. The summed E-state index contributed by atoms with van der Waals surface area (Å²) in [5.74, 6) is -0.399. The van der Waals surface area contributed by atoms with Crippen LogP contribution in [0.1, 0.15) is 43.0 Å². The predicted molar refractivity (Wildman–Crippen MR) is 70.4 cm³/mol. The number of likely N-dealkylation sites (tertiary alicyclic amines) is 1. The Balaban J connectivity index is 2.13. The second-order valence-corrected chi connectivity index (χ2v) is 4.87. The van der Waals surface area contributed by atoms with Gasteiger partial charge in [0.1, 0.15) is 5.82 Å². The third-order valence-electron chi connectivity index (χ3n) is 3.47. The summed E-state index contributed by atoms with van der Waals surface area (Å²) in [4.78, 5) is 26.0. The van der Waals surface area contributed by atoms with Gasteiger partial charge in [0.15, 0.2) is 5.78 Å². The van der Waals surface area contributed by atoms with Gasteiger partial charge in [0.2, 0.25) is 5.91 Å². The van der Waals surface area contributed by atoms with Crippen LogP contribution in [0.3, 0.4) is 0 Å². The Morgan fingerprint density at radius 1 is 1.32 bits per heavy atom. The minimum absolute atomic E-state index is 0.0421. The largest absolute Gasteiger partial charge is 0.332 e. The van der Waals surface area contributed by atoms with Gasteiger partial charge in [-0.05, 0) is 43.5 Å². The molecule has 1 saturated heterocycles. The fourth-order valence-corrected chi connectivity index (χ4v) is 2.50. The van der Waals surface area contributed by atoms with E-state index in [1.165, 1.54) is 24.3 Å². The van der Waals surface area contributed by atoms with Crippen molar-refractivity contribution in [3.8, 4) is 0 Å². The molecule has 0 aromatic heterocycles. The molecule has 1 heterocycles. The lowest BCUT2D eigenvalue weighted by Crippen LogP contribution is -2.40. The number of halogens is 1. The summed E-state index contributed by atoms with van der Waals surface area (Å²) in [5.41, 5.74) is 0.475. The highest BCUT2D eigenvalue weighted by atomic mass is 19.1. The molecular formula is C15H18FNO2. The Bertz CT molecular complexity index is 470. The summed E-state index contributed by atoms with van der Waals surface area (Å²) < 4.78 is 12.9. The number of rotatable bonds is 4. The smallest absolute Gasteiger partial charge is 0.223 e. The van der Waals surface area contributed by atoms with Crippen LogP contribution in [0.2, 0.25) is 0 Å². The van der Waals surface area contributed by atoms with Crippen molar-refractivity contribution in [2.24, 2.45) is 0 Å². The molecule has 0 N–H and O–H groups in total. The van der Waals surface area contributed by atoms with Gasteiger partial charge in [-0.3, -0.25) is 9.59 Å². The van der Waals surface area contributed by atoms with Crippen LogP contribution in [0.25, 0.3) is 0 Å². The first-order chi connectivity index (χ1) is 9.13. The van der Waals surface area contributed by atoms with Crippen molar-refractivity contribution in [1.29, 1.82) is 0 Å². The molecule has 4 heteroatoms. The normalized spacial score (nSPS) is 18.6. The van der Waals surface area contributed by atoms with Gasteiger partial charge in [0.25, 0.3) is 0 Å². The van der Waals surface area contributed by atoms with E-state index in [2.05, 4.69) is 0 Å². The molecule has 3 nitrogen and oxygen atoms in total. The Labute approximate surface area is 112 Å². The van der Waals surface area contributed by atoms with Gasteiger partial charge >= 0.3 is 0 Å². The number of ketones is 1. The first kappa shape index (κ1) is 13.7. The molecule has 0 bridgehead atoms. The van der Waals surface area contributed by atoms with E-state index in [0.29, 0.717) is 24.9 Å². The van der Waals surface area contributed by atoms with E-state index in [1.807, 2.05) is 6.92 Å². The third kappa shape index (κ3) is 3.00. The second kappa shape index (κ2) is 5.95. The van der Waals surface area contributed by atoms with Crippen LogP contribution in [-0.2, 0) is 4.79 Å². The molecule has 1 fully saturated rings. The SMILES string of the molecule is CCCC(=O)N1CCCC1C(=O)c1ccc(F)cc1. The van der Waals surface area contributed by atoms with E-state index in [1.54, 1.807) is 4.90 Å². The quantitative estimate of drug-likeness (QED) is 0.783. The van der Waals surface area contributed by atoms with E-state index in [-0.39, 0.29) is 23.5 Å². The highest BCUT2D eigenvalue weighted by Crippen LogP contribution is 2.22. The third-order valence-corrected chi connectivity index (χ3v) is 3.47. The van der Waals surface area contributed by atoms with Crippen LogP contribution < -0.4 is 0 Å². The molecule has 1 atom stereocenters. The molecule has 2 rings (SSSR count). The average molecular weight is 263 g/mol. The van der Waals surface area contributed by atoms with E-state index in [4.69, 9.17) is 0 Å². The van der Waals surface area contributed by atoms with Crippen molar-refractivity contribution >= 4 is 11.7 Å². The Hall–Kier alpha value is -1.71. The van der Waals surface area contributed by atoms with Gasteiger partial charge in [0, 0.05) is 18.5 Å². The maximum Gasteiger partial charge on any atom is 0.223 e. The van der Waals surface area contributed by atoms with Gasteiger partial charge in [-0.2, -0.15) is 0 Å². The van der Waals surface area contributed by atoms with Gasteiger partial charge < -0.3 is 4.90 Å². The van der Waals surface area contributed by atoms with Crippen molar-refractivity contribution in [3.05, 3.63) is 35.6 Å². The lowest BCUT2D eigenvalue weighted by atomic mass is 10.0. The first-order valence-electron chi connectivity index (χ1n) is 6.72. The van der Waals surface area contributed by atoms with Crippen molar-refractivity contribution < 1.29 is 14.0 Å². The lowest BCUT2D eigenvalue weighted by Gasteiger charge is -2.23. The molecule has 0 spiro atoms. The zero-order valence-electron chi connectivity index (χ0n) is 11.1. The molecule has 1 amide bonds. The molecule has 0 aliphatic carbocycles. The highest BCUT2D eigenvalue weighted by Gasteiger charge is 2.33. The number of hydrogen-bond donors (Lipinski definition) is 0. The van der Waals surface area contributed by atoms with Crippen LogP contribution in [-0.4, -0.2) is 29.2 Å². The number of amides is 1. The Kier molecular flexibility index (Phi) is 4.30. The molecule has 1 aromatic carbocycles. The fraction of sp³-hybridized carbons (Fsp3) is 0.467. The predicted octanol–water partition coefficient (Wildman–Crippen LogP) is 2.80. The number of carbonyl (C=O) groups is 2. The van der Waals surface area contributed by atoms with Crippen molar-refractivity contribution in [1.82, 2.24) is 4.90 Å². The van der Waals surface area contributed by atoms with Gasteiger partial charge in [0.05, 0.1) is 6.04 Å². The molecular weight excluding hydrogens is 245 g/mol. The summed E-state index contributed by atoms with van der Waals surface area (Å²) in [5, 5.41) is 0. The average Bonchev–Trinajstić information content (AvgIpc) is 2.88. The topological polar surface area (TPSA) is 37.4 Å². The van der Waals surface area contributed by atoms with Gasteiger partial charge in [-0.15, -0.1) is 0 Å². The summed E-state index contributed by atoms with van der Waals surface area (Å²) in [6.45, 7) is 2.60. The van der Waals surface area contributed by atoms with Crippen molar-refractivity contribution in [2.75, 3.05) is 6.54 Å². The second-order valence-electron chi connectivity index (χ2n) is 4.87. The van der Waals surface area contributed by atoms with Crippen LogP contribution in [0, 0.1) is 5.82 Å². The first-order valence-corrected chi connectivity index (χ1v) is 6.72. The summed E-state index contributed by atoms with van der Waals surface area (Å²) in [6.07, 6.45) is 2.82. The number of nitrogens with zero attached hydrogens (tertiary/aromatic N) is 1. The van der Waals surface area contributed by atoms with Crippen LogP contribution in [0.4, 0.5) is 4.39 Å². The molecule has 0 radical (unpaired) electrons. The van der Waals surface area contributed by atoms with Crippen LogP contribution in [0.5, 0.6) is 0 Å². The summed E-state index contributed by atoms with van der Waals surface area (Å²) in [7, 11) is 0. The molecule has 1 aliphatic rings. The number of Topliss-reactive ketones (excluding diaryl/α,β-unsaturated/α-hetero) is 1. The van der Waals surface area contributed by atoms with E-state index in [0.717, 1.165) is 12.8 Å². The minimum Gasteiger partial charge on any atom is -0.332 e. The van der Waals surface area contributed by atoms with Crippen LogP contribution >= 0.6 is 0 Å². The molecule has 0 saturated carbocycles. The minimum atomic E-state index is -0.371. The molecule has 1 aliphatic heterocycles. The van der Waals surface area contributed by atoms with Crippen molar-refractivity contribution in [3.63, 3.8) is 0 Å². The van der Waals surface area contributed by atoms with E-state index < -0.39 is 0 Å². The standard InChI is InChI=1S/C15H18FNO2/c1-2-4-14(18)17-10-3-5-13(17)15(19)11-6-8-12(16)9-7-11/h6-9,13H,2-5,10H2,1H3. The van der Waals surface area contributed by atoms with E-state index in [9.17, 15) is 14.0 Å². The number of benzene rings is 1. The zero-order chi connectivity index (χ0) is 13.8. The maximum atomic E-state index is 12.9. The Morgan fingerprint density at radius 3 is 2.63 bits per heavy atom. The zero-order valence-corrected chi connectivity index (χ0v) is 11.1. The molecule has 102 valence electrons. The fourth-order valence-electron chi connectivity index (χ4n) is 2.50. The van der Waals surface area contributed by atoms with Gasteiger partial charge in [-0.25, -0.2) is 4.39 Å². The van der Waals surface area contributed by atoms with E-state index >= 15 is 0 Å². The monoisotopic (exact) mass is 263 g/mol. The summed E-state index contributed by atoms with van der Waals surface area (Å²) >= 11 is 0. The van der Waals surface area contributed by atoms with Crippen LogP contribution in [0.15, 0.2) is 24.3 Å². The molecule has 19 heavy (non-hydrogen) atoms. The summed E-state index contributed by atoms with van der Waals surface area (Å²) in [6, 6.07) is 5.15. The maximum absolute atomic E-state index is 12.9. The lowest BCUT2D eigenvalue weighted by molar-refractivity contribution is -0.131. The molecule has 1 aromatic rings. The Morgan fingerprint density at radius 2 is 2.00 bits per heavy atom. The van der Waals surface area contributed by atoms with Crippen molar-refractivity contribution in [2.45, 2.75) is 38.6 Å². The number of carbonyl (C=O) groups excluding carboxylic acids is 2.